The van der Waals surface area contributed by atoms with Gasteiger partial charge in [-0.2, -0.15) is 0 Å². The number of nitrogens with one attached hydrogen (secondary N) is 1. The minimum absolute atomic E-state index is 0.166. The number of primary amides is 1. The second-order valence-corrected chi connectivity index (χ2v) is 5.56. The molecule has 7 nitrogen and oxygen atoms in total. The second kappa shape index (κ2) is 8.49. The highest BCUT2D eigenvalue weighted by molar-refractivity contribution is 5.80. The van der Waals surface area contributed by atoms with Crippen LogP contribution in [-0.2, 0) is 9.59 Å². The van der Waals surface area contributed by atoms with Crippen LogP contribution >= 0.6 is 0 Å². The summed E-state index contributed by atoms with van der Waals surface area (Å²) in [5, 5.41) is 11.5. The molecule has 1 aliphatic heterocycles. The number of hydrogen-bond acceptors (Lipinski definition) is 3. The fourth-order valence-corrected chi connectivity index (χ4v) is 2.55. The summed E-state index contributed by atoms with van der Waals surface area (Å²) in [7, 11) is 0. The average Bonchev–Trinajstić information content (AvgIpc) is 2.92. The number of likely N-dealkylation sites (tertiary alicyclic amines) is 1. The van der Waals surface area contributed by atoms with E-state index < -0.39 is 5.97 Å². The molecule has 0 aromatic heterocycles. The molecule has 1 aliphatic rings. The van der Waals surface area contributed by atoms with Crippen molar-refractivity contribution in [2.24, 2.45) is 17.6 Å². The van der Waals surface area contributed by atoms with E-state index in [0.29, 0.717) is 38.4 Å². The van der Waals surface area contributed by atoms with Crippen LogP contribution in [0.15, 0.2) is 0 Å². The number of nitrogens with two attached hydrogens (primary N) is 1. The SMILES string of the molecule is CCC(CCNC(=O)N1CCC(C(N)=O)C1)CCC(=O)O. The minimum atomic E-state index is -0.785. The number of carboxylic acids is 1. The molecule has 21 heavy (non-hydrogen) atoms. The molecule has 0 bridgehead atoms. The van der Waals surface area contributed by atoms with Crippen molar-refractivity contribution < 1.29 is 19.5 Å². The third kappa shape index (κ3) is 6.01. The van der Waals surface area contributed by atoms with E-state index in [2.05, 4.69) is 5.32 Å². The molecule has 7 heteroatoms. The molecular formula is C14H25N3O4. The zero-order valence-electron chi connectivity index (χ0n) is 12.5. The summed E-state index contributed by atoms with van der Waals surface area (Å²) in [6.07, 6.45) is 3.09. The third-order valence-electron chi connectivity index (χ3n) is 4.05. The lowest BCUT2D eigenvalue weighted by molar-refractivity contribution is -0.137. The quantitative estimate of drug-likeness (QED) is 0.614. The topological polar surface area (TPSA) is 113 Å². The minimum Gasteiger partial charge on any atom is -0.481 e. The van der Waals surface area contributed by atoms with Crippen LogP contribution in [0.25, 0.3) is 0 Å². The number of aliphatic carboxylic acids is 1. The summed E-state index contributed by atoms with van der Waals surface area (Å²) in [6, 6.07) is -0.174. The van der Waals surface area contributed by atoms with E-state index in [4.69, 9.17) is 10.8 Å². The van der Waals surface area contributed by atoms with Crippen LogP contribution in [-0.4, -0.2) is 47.5 Å². The molecule has 0 aromatic carbocycles. The number of urea groups is 1. The van der Waals surface area contributed by atoms with Crippen LogP contribution in [0.3, 0.4) is 0 Å². The zero-order valence-corrected chi connectivity index (χ0v) is 12.5. The highest BCUT2D eigenvalue weighted by Gasteiger charge is 2.29. The first-order valence-corrected chi connectivity index (χ1v) is 7.47. The number of rotatable bonds is 8. The molecule has 1 rings (SSSR count). The van der Waals surface area contributed by atoms with Gasteiger partial charge in [-0.25, -0.2) is 4.79 Å². The smallest absolute Gasteiger partial charge is 0.317 e. The Hall–Kier alpha value is -1.79. The fourth-order valence-electron chi connectivity index (χ4n) is 2.55. The molecule has 0 radical (unpaired) electrons. The largest absolute Gasteiger partial charge is 0.481 e. The Balaban J connectivity index is 2.23. The molecule has 0 saturated carbocycles. The van der Waals surface area contributed by atoms with Crippen molar-refractivity contribution >= 4 is 17.9 Å². The van der Waals surface area contributed by atoms with Crippen molar-refractivity contribution in [3.63, 3.8) is 0 Å². The Bertz CT molecular complexity index is 386. The van der Waals surface area contributed by atoms with Gasteiger partial charge >= 0.3 is 12.0 Å². The maximum Gasteiger partial charge on any atom is 0.317 e. The first kappa shape index (κ1) is 17.3. The molecule has 1 heterocycles. The van der Waals surface area contributed by atoms with E-state index in [1.54, 1.807) is 4.90 Å². The van der Waals surface area contributed by atoms with Crippen molar-refractivity contribution in [3.8, 4) is 0 Å². The van der Waals surface area contributed by atoms with Crippen molar-refractivity contribution in [2.45, 2.75) is 39.0 Å². The monoisotopic (exact) mass is 299 g/mol. The maximum atomic E-state index is 11.9. The van der Waals surface area contributed by atoms with Crippen LogP contribution in [0.2, 0.25) is 0 Å². The van der Waals surface area contributed by atoms with Gasteiger partial charge in [-0.05, 0) is 25.2 Å². The highest BCUT2D eigenvalue weighted by Crippen LogP contribution is 2.16. The Morgan fingerprint density at radius 2 is 2.10 bits per heavy atom. The van der Waals surface area contributed by atoms with E-state index in [1.807, 2.05) is 6.92 Å². The predicted molar refractivity (Wildman–Crippen MR) is 77.5 cm³/mol. The first-order valence-electron chi connectivity index (χ1n) is 7.47. The maximum absolute atomic E-state index is 11.9. The van der Waals surface area contributed by atoms with Gasteiger partial charge in [0.2, 0.25) is 5.91 Å². The first-order chi connectivity index (χ1) is 9.93. The number of carbonyl (C=O) groups is 3. The van der Waals surface area contributed by atoms with E-state index >= 15 is 0 Å². The number of carbonyl (C=O) groups excluding carboxylic acids is 2. The lowest BCUT2D eigenvalue weighted by atomic mass is 9.97. The molecule has 0 spiro atoms. The molecule has 3 amide bonds. The van der Waals surface area contributed by atoms with E-state index in [9.17, 15) is 14.4 Å². The van der Waals surface area contributed by atoms with Gasteiger partial charge in [-0.15, -0.1) is 0 Å². The lowest BCUT2D eigenvalue weighted by Gasteiger charge is -2.18. The van der Waals surface area contributed by atoms with Crippen LogP contribution in [0.5, 0.6) is 0 Å². The van der Waals surface area contributed by atoms with Gasteiger partial charge in [0.25, 0.3) is 0 Å². The fraction of sp³-hybridized carbons (Fsp3) is 0.786. The molecule has 2 unspecified atom stereocenters. The molecular weight excluding hydrogens is 274 g/mol. The summed E-state index contributed by atoms with van der Waals surface area (Å²) in [4.78, 5) is 35.1. The Kier molecular flexibility index (Phi) is 6.98. The van der Waals surface area contributed by atoms with Gasteiger partial charge in [0.1, 0.15) is 0 Å². The average molecular weight is 299 g/mol. The normalized spacial score (nSPS) is 19.3. The summed E-state index contributed by atoms with van der Waals surface area (Å²) in [6.45, 7) is 3.48. The molecule has 4 N–H and O–H groups in total. The Morgan fingerprint density at radius 3 is 2.62 bits per heavy atom. The van der Waals surface area contributed by atoms with Crippen molar-refractivity contribution in [2.75, 3.05) is 19.6 Å². The molecule has 1 saturated heterocycles. The number of nitrogens with zero attached hydrogens (tertiary/aromatic N) is 1. The van der Waals surface area contributed by atoms with Gasteiger partial charge in [-0.3, -0.25) is 9.59 Å². The van der Waals surface area contributed by atoms with Crippen molar-refractivity contribution in [3.05, 3.63) is 0 Å². The summed E-state index contributed by atoms with van der Waals surface area (Å²) in [5.41, 5.74) is 5.23. The van der Waals surface area contributed by atoms with E-state index in [-0.39, 0.29) is 24.3 Å². The van der Waals surface area contributed by atoms with Gasteiger partial charge in [0, 0.05) is 26.1 Å². The van der Waals surface area contributed by atoms with Crippen LogP contribution < -0.4 is 11.1 Å². The summed E-state index contributed by atoms with van der Waals surface area (Å²) in [5.74, 6) is -1.08. The van der Waals surface area contributed by atoms with Gasteiger partial charge in [-0.1, -0.05) is 13.3 Å². The predicted octanol–water partition coefficient (Wildman–Crippen LogP) is 0.784. The van der Waals surface area contributed by atoms with Crippen LogP contribution in [0, 0.1) is 11.8 Å². The van der Waals surface area contributed by atoms with Crippen LogP contribution in [0.1, 0.15) is 39.0 Å². The number of hydrogen-bond donors (Lipinski definition) is 3. The molecule has 2 atom stereocenters. The molecule has 1 fully saturated rings. The summed E-state index contributed by atoms with van der Waals surface area (Å²) >= 11 is 0. The molecule has 0 aromatic rings. The van der Waals surface area contributed by atoms with Gasteiger partial charge < -0.3 is 21.1 Å². The zero-order chi connectivity index (χ0) is 15.8. The van der Waals surface area contributed by atoms with Crippen molar-refractivity contribution in [1.29, 1.82) is 0 Å². The summed E-state index contributed by atoms with van der Waals surface area (Å²) < 4.78 is 0. The lowest BCUT2D eigenvalue weighted by Crippen LogP contribution is -2.40. The highest BCUT2D eigenvalue weighted by atomic mass is 16.4. The van der Waals surface area contributed by atoms with Gasteiger partial charge in [0.05, 0.1) is 5.92 Å². The Morgan fingerprint density at radius 1 is 1.38 bits per heavy atom. The van der Waals surface area contributed by atoms with E-state index in [0.717, 1.165) is 12.8 Å². The van der Waals surface area contributed by atoms with Gasteiger partial charge in [0.15, 0.2) is 0 Å². The molecule has 120 valence electrons. The standard InChI is InChI=1S/C14H25N3O4/c1-2-10(3-4-12(18)19)5-7-16-14(21)17-8-6-11(9-17)13(15)20/h10-11H,2-9H2,1H3,(H2,15,20)(H,16,21)(H,18,19). The second-order valence-electron chi connectivity index (χ2n) is 5.56. The van der Waals surface area contributed by atoms with E-state index in [1.165, 1.54) is 0 Å². The number of carboxylic acid groups (broad SMARTS) is 1. The number of amides is 3. The Labute approximate surface area is 124 Å². The van der Waals surface area contributed by atoms with Crippen LogP contribution in [0.4, 0.5) is 4.79 Å². The van der Waals surface area contributed by atoms with Crippen molar-refractivity contribution in [1.82, 2.24) is 10.2 Å². The molecule has 0 aliphatic carbocycles. The third-order valence-corrected chi connectivity index (χ3v) is 4.05.